The number of methoxy groups -OCH3 is 1. The summed E-state index contributed by atoms with van der Waals surface area (Å²) in [5, 5.41) is 9.64. The summed E-state index contributed by atoms with van der Waals surface area (Å²) in [4.78, 5) is 11.3. The zero-order chi connectivity index (χ0) is 12.1. The van der Waals surface area contributed by atoms with Crippen molar-refractivity contribution < 1.29 is 23.8 Å². The van der Waals surface area contributed by atoms with Crippen molar-refractivity contribution in [1.82, 2.24) is 0 Å². The molecule has 1 unspecified atom stereocenters. The van der Waals surface area contributed by atoms with E-state index < -0.39 is 17.9 Å². The number of ether oxygens (including phenoxy) is 2. The summed E-state index contributed by atoms with van der Waals surface area (Å²) in [6.45, 7) is 1.76. The molecule has 0 aliphatic carbocycles. The third kappa shape index (κ3) is 3.67. The number of carbonyl (C=O) groups excluding carboxylic acids is 1. The highest BCUT2D eigenvalue weighted by molar-refractivity contribution is 8.93. The Labute approximate surface area is 109 Å². The molecule has 0 bridgehead atoms. The number of hydrogen-bond acceptors (Lipinski definition) is 4. The van der Waals surface area contributed by atoms with E-state index in [4.69, 9.17) is 4.74 Å². The lowest BCUT2D eigenvalue weighted by Crippen LogP contribution is -2.16. The second-order valence-corrected chi connectivity index (χ2v) is 3.02. The van der Waals surface area contributed by atoms with Gasteiger partial charge in [0.1, 0.15) is 0 Å². The van der Waals surface area contributed by atoms with Crippen LogP contribution in [0.25, 0.3) is 0 Å². The van der Waals surface area contributed by atoms with Gasteiger partial charge >= 0.3 is 5.97 Å². The summed E-state index contributed by atoms with van der Waals surface area (Å²) in [7, 11) is 1.26. The number of hydrogen-bond donors (Lipinski definition) is 1. The fourth-order valence-corrected chi connectivity index (χ4v) is 1.30. The van der Waals surface area contributed by atoms with E-state index in [0.717, 1.165) is 0 Å². The number of carbonyl (C=O) groups is 1. The van der Waals surface area contributed by atoms with Gasteiger partial charge in [0.15, 0.2) is 17.7 Å². The zero-order valence-corrected chi connectivity index (χ0v) is 11.2. The van der Waals surface area contributed by atoms with Crippen LogP contribution in [0.5, 0.6) is 5.75 Å². The number of aliphatic hydroxyl groups excluding tert-OH is 1. The van der Waals surface area contributed by atoms with Crippen LogP contribution in [-0.4, -0.2) is 24.8 Å². The Morgan fingerprint density at radius 1 is 1.53 bits per heavy atom. The SMILES string of the molecule is Br.CCOC(=O)C(O)c1cccc(F)c1OC. The van der Waals surface area contributed by atoms with Crippen molar-refractivity contribution in [1.29, 1.82) is 0 Å². The molecule has 1 aromatic carbocycles. The van der Waals surface area contributed by atoms with Crippen LogP contribution in [-0.2, 0) is 9.53 Å². The van der Waals surface area contributed by atoms with Gasteiger partial charge < -0.3 is 14.6 Å². The Morgan fingerprint density at radius 3 is 2.71 bits per heavy atom. The second-order valence-electron chi connectivity index (χ2n) is 3.02. The summed E-state index contributed by atoms with van der Waals surface area (Å²) in [5.74, 6) is -1.61. The highest BCUT2D eigenvalue weighted by Gasteiger charge is 2.23. The van der Waals surface area contributed by atoms with Crippen LogP contribution >= 0.6 is 17.0 Å². The van der Waals surface area contributed by atoms with Gasteiger partial charge in [-0.3, -0.25) is 0 Å². The molecule has 0 aliphatic rings. The smallest absolute Gasteiger partial charge is 0.339 e. The van der Waals surface area contributed by atoms with Crippen molar-refractivity contribution in [2.75, 3.05) is 13.7 Å². The molecule has 0 saturated heterocycles. The first kappa shape index (κ1) is 15.9. The zero-order valence-electron chi connectivity index (χ0n) is 9.47. The fourth-order valence-electron chi connectivity index (χ4n) is 1.30. The molecular weight excluding hydrogens is 295 g/mol. The number of rotatable bonds is 4. The van der Waals surface area contributed by atoms with Crippen LogP contribution in [0.15, 0.2) is 18.2 Å². The number of para-hydroxylation sites is 1. The molecule has 0 aliphatic heterocycles. The van der Waals surface area contributed by atoms with E-state index in [1.54, 1.807) is 6.92 Å². The van der Waals surface area contributed by atoms with Crippen LogP contribution in [0.1, 0.15) is 18.6 Å². The largest absolute Gasteiger partial charge is 0.493 e. The Balaban J connectivity index is 0.00000256. The minimum Gasteiger partial charge on any atom is -0.493 e. The lowest BCUT2D eigenvalue weighted by atomic mass is 10.1. The topological polar surface area (TPSA) is 55.8 Å². The molecule has 0 spiro atoms. The normalized spacial score (nSPS) is 11.3. The lowest BCUT2D eigenvalue weighted by Gasteiger charge is -2.13. The molecule has 17 heavy (non-hydrogen) atoms. The van der Waals surface area contributed by atoms with E-state index in [9.17, 15) is 14.3 Å². The van der Waals surface area contributed by atoms with Gasteiger partial charge in [-0.1, -0.05) is 12.1 Å². The third-order valence-electron chi connectivity index (χ3n) is 2.01. The van der Waals surface area contributed by atoms with Crippen LogP contribution in [0, 0.1) is 5.82 Å². The van der Waals surface area contributed by atoms with E-state index in [0.29, 0.717) is 0 Å². The first-order chi connectivity index (χ1) is 7.61. The quantitative estimate of drug-likeness (QED) is 0.865. The minimum atomic E-state index is -1.54. The van der Waals surface area contributed by atoms with Gasteiger partial charge in [0.25, 0.3) is 0 Å². The van der Waals surface area contributed by atoms with Crippen molar-refractivity contribution in [3.8, 4) is 5.75 Å². The Hall–Kier alpha value is -1.14. The van der Waals surface area contributed by atoms with E-state index >= 15 is 0 Å². The molecule has 1 rings (SSSR count). The summed E-state index contributed by atoms with van der Waals surface area (Å²) in [5.41, 5.74) is 0.0564. The van der Waals surface area contributed by atoms with Crippen molar-refractivity contribution in [3.63, 3.8) is 0 Å². The molecule has 4 nitrogen and oxygen atoms in total. The molecule has 0 heterocycles. The molecule has 0 saturated carbocycles. The average Bonchev–Trinajstić information content (AvgIpc) is 2.28. The molecule has 6 heteroatoms. The number of aliphatic hydroxyl groups is 1. The minimum absolute atomic E-state index is 0. The Morgan fingerprint density at radius 2 is 2.18 bits per heavy atom. The van der Waals surface area contributed by atoms with Crippen LogP contribution in [0.2, 0.25) is 0 Å². The molecule has 0 amide bonds. The molecule has 1 N–H and O–H groups in total. The summed E-state index contributed by atoms with van der Waals surface area (Å²) < 4.78 is 22.7. The number of benzene rings is 1. The molecule has 0 fully saturated rings. The van der Waals surface area contributed by atoms with Crippen molar-refractivity contribution in [2.24, 2.45) is 0 Å². The maximum atomic E-state index is 13.3. The summed E-state index contributed by atoms with van der Waals surface area (Å²) >= 11 is 0. The predicted octanol–water partition coefficient (Wildman–Crippen LogP) is 2.01. The van der Waals surface area contributed by atoms with Gasteiger partial charge in [-0.25, -0.2) is 9.18 Å². The van der Waals surface area contributed by atoms with Crippen LogP contribution in [0.3, 0.4) is 0 Å². The van der Waals surface area contributed by atoms with Gasteiger partial charge in [0.2, 0.25) is 0 Å². The standard InChI is InChI=1S/C11H13FO4.BrH/c1-3-16-11(14)9(13)7-5-4-6-8(12)10(7)15-2;/h4-6,9,13H,3H2,1-2H3;1H. The summed E-state index contributed by atoms with van der Waals surface area (Å²) in [6, 6.07) is 3.97. The summed E-state index contributed by atoms with van der Waals surface area (Å²) in [6.07, 6.45) is -1.54. The lowest BCUT2D eigenvalue weighted by molar-refractivity contribution is -0.153. The van der Waals surface area contributed by atoms with Gasteiger partial charge in [0, 0.05) is 5.56 Å². The number of halogens is 2. The van der Waals surface area contributed by atoms with Gasteiger partial charge in [-0.15, -0.1) is 17.0 Å². The molecule has 1 atom stereocenters. The maximum absolute atomic E-state index is 13.3. The molecule has 1 aromatic rings. The van der Waals surface area contributed by atoms with Crippen molar-refractivity contribution >= 4 is 23.0 Å². The third-order valence-corrected chi connectivity index (χ3v) is 2.01. The first-order valence-electron chi connectivity index (χ1n) is 4.78. The Bertz CT molecular complexity index is 384. The molecule has 96 valence electrons. The highest BCUT2D eigenvalue weighted by Crippen LogP contribution is 2.28. The van der Waals surface area contributed by atoms with E-state index in [2.05, 4.69) is 4.74 Å². The van der Waals surface area contributed by atoms with E-state index in [1.165, 1.54) is 25.3 Å². The maximum Gasteiger partial charge on any atom is 0.339 e. The van der Waals surface area contributed by atoms with Gasteiger partial charge in [-0.2, -0.15) is 0 Å². The second kappa shape index (κ2) is 7.24. The molecule has 0 radical (unpaired) electrons. The molecular formula is C11H14BrFO4. The van der Waals surface area contributed by atoms with Gasteiger partial charge in [0.05, 0.1) is 13.7 Å². The monoisotopic (exact) mass is 308 g/mol. The predicted molar refractivity (Wildman–Crippen MR) is 64.9 cm³/mol. The fraction of sp³-hybridized carbons (Fsp3) is 0.364. The van der Waals surface area contributed by atoms with Crippen molar-refractivity contribution in [3.05, 3.63) is 29.6 Å². The first-order valence-corrected chi connectivity index (χ1v) is 4.78. The average molecular weight is 309 g/mol. The van der Waals surface area contributed by atoms with E-state index in [-0.39, 0.29) is 34.9 Å². The Kier molecular flexibility index (Phi) is 6.75. The highest BCUT2D eigenvalue weighted by atomic mass is 79.9. The number of esters is 1. The van der Waals surface area contributed by atoms with Crippen LogP contribution < -0.4 is 4.74 Å². The molecule has 0 aromatic heterocycles. The van der Waals surface area contributed by atoms with Gasteiger partial charge in [-0.05, 0) is 13.0 Å². The van der Waals surface area contributed by atoms with E-state index in [1.807, 2.05) is 0 Å². The van der Waals surface area contributed by atoms with Crippen molar-refractivity contribution in [2.45, 2.75) is 13.0 Å². The van der Waals surface area contributed by atoms with Crippen LogP contribution in [0.4, 0.5) is 4.39 Å².